The number of hydrazone groups is 1. The molecule has 1 N–H and O–H groups in total. The number of ether oxygens (including phenoxy) is 1. The normalized spacial score (nSPS) is 10.9. The Morgan fingerprint density at radius 3 is 2.78 bits per heavy atom. The van der Waals surface area contributed by atoms with Gasteiger partial charge in [0.05, 0.1) is 11.2 Å². The molecule has 3 rings (SSSR count). The molecule has 0 saturated heterocycles. The van der Waals surface area contributed by atoms with Crippen molar-refractivity contribution in [1.29, 1.82) is 0 Å². The van der Waals surface area contributed by atoms with Crippen LogP contribution in [0.15, 0.2) is 64.1 Å². The van der Waals surface area contributed by atoms with Crippen molar-refractivity contribution in [2.24, 2.45) is 5.10 Å². The minimum absolute atomic E-state index is 0.121. The number of carbonyl (C=O) groups excluding carboxylic acids is 1. The summed E-state index contributed by atoms with van der Waals surface area (Å²) in [6.45, 7) is 3.82. The molecular weight excluding hydrogens is 364 g/mol. The Labute approximate surface area is 162 Å². The zero-order valence-electron chi connectivity index (χ0n) is 15.0. The van der Waals surface area contributed by atoms with Crippen LogP contribution in [0.25, 0.3) is 11.3 Å². The largest absolute Gasteiger partial charge is 0.483 e. The first-order chi connectivity index (χ1) is 13.0. The number of hydrogen-bond acceptors (Lipinski definition) is 4. The first-order valence-corrected chi connectivity index (χ1v) is 8.77. The highest BCUT2D eigenvalue weighted by atomic mass is 35.5. The standard InChI is InChI=1S/C21H19ClN2O3/c1-14-7-9-19(15(2)11-14)26-13-21(25)24-23-12-16-8-10-20(27-16)17-5-3-4-6-18(17)22/h3-12H,13H2,1-2H3,(H,24,25). The van der Waals surface area contributed by atoms with E-state index in [4.69, 9.17) is 20.8 Å². The van der Waals surface area contributed by atoms with Gasteiger partial charge in [-0.1, -0.05) is 41.4 Å². The predicted molar refractivity (Wildman–Crippen MR) is 106 cm³/mol. The summed E-state index contributed by atoms with van der Waals surface area (Å²) in [7, 11) is 0. The number of halogens is 1. The fraction of sp³-hybridized carbons (Fsp3) is 0.143. The van der Waals surface area contributed by atoms with E-state index in [1.54, 1.807) is 18.2 Å². The maximum atomic E-state index is 11.9. The first kappa shape index (κ1) is 18.7. The second kappa shape index (κ2) is 8.56. The molecule has 1 amide bonds. The smallest absolute Gasteiger partial charge is 0.277 e. The molecule has 0 fully saturated rings. The van der Waals surface area contributed by atoms with Gasteiger partial charge in [-0.3, -0.25) is 4.79 Å². The molecule has 1 aromatic heterocycles. The van der Waals surface area contributed by atoms with E-state index in [-0.39, 0.29) is 12.5 Å². The van der Waals surface area contributed by atoms with Crippen molar-refractivity contribution in [1.82, 2.24) is 5.43 Å². The van der Waals surface area contributed by atoms with Crippen LogP contribution in [-0.2, 0) is 4.79 Å². The van der Waals surface area contributed by atoms with E-state index in [0.717, 1.165) is 16.7 Å². The lowest BCUT2D eigenvalue weighted by atomic mass is 10.1. The zero-order valence-corrected chi connectivity index (χ0v) is 15.8. The molecule has 0 spiro atoms. The minimum Gasteiger partial charge on any atom is -0.483 e. The molecule has 5 nitrogen and oxygen atoms in total. The molecule has 3 aromatic rings. The quantitative estimate of drug-likeness (QED) is 0.494. The van der Waals surface area contributed by atoms with Gasteiger partial charge in [-0.05, 0) is 49.7 Å². The average Bonchev–Trinajstić information content (AvgIpc) is 3.10. The van der Waals surface area contributed by atoms with E-state index >= 15 is 0 Å². The van der Waals surface area contributed by atoms with E-state index in [1.165, 1.54) is 6.21 Å². The lowest BCUT2D eigenvalue weighted by Crippen LogP contribution is -2.24. The highest BCUT2D eigenvalue weighted by Gasteiger charge is 2.07. The van der Waals surface area contributed by atoms with Crippen LogP contribution in [0.4, 0.5) is 0 Å². The summed E-state index contributed by atoms with van der Waals surface area (Å²) in [4.78, 5) is 11.9. The summed E-state index contributed by atoms with van der Waals surface area (Å²) in [6.07, 6.45) is 1.43. The van der Waals surface area contributed by atoms with Gasteiger partial charge in [0.1, 0.15) is 17.3 Å². The molecule has 2 aromatic carbocycles. The summed E-state index contributed by atoms with van der Waals surface area (Å²) in [5.41, 5.74) is 5.33. The second-order valence-electron chi connectivity index (χ2n) is 6.03. The van der Waals surface area contributed by atoms with Crippen LogP contribution in [0.2, 0.25) is 5.02 Å². The van der Waals surface area contributed by atoms with Gasteiger partial charge in [-0.15, -0.1) is 0 Å². The Morgan fingerprint density at radius 2 is 2.00 bits per heavy atom. The van der Waals surface area contributed by atoms with Crippen LogP contribution in [0, 0.1) is 13.8 Å². The average molecular weight is 383 g/mol. The molecule has 6 heteroatoms. The maximum absolute atomic E-state index is 11.9. The third-order valence-corrected chi connectivity index (χ3v) is 4.17. The topological polar surface area (TPSA) is 63.8 Å². The molecule has 0 aliphatic heterocycles. The van der Waals surface area contributed by atoms with Crippen molar-refractivity contribution < 1.29 is 13.9 Å². The molecule has 0 atom stereocenters. The predicted octanol–water partition coefficient (Wildman–Crippen LogP) is 4.75. The highest BCUT2D eigenvalue weighted by molar-refractivity contribution is 6.33. The van der Waals surface area contributed by atoms with Crippen molar-refractivity contribution in [3.63, 3.8) is 0 Å². The third kappa shape index (κ3) is 4.99. The van der Waals surface area contributed by atoms with Gasteiger partial charge in [-0.25, -0.2) is 5.43 Å². The lowest BCUT2D eigenvalue weighted by molar-refractivity contribution is -0.123. The number of aryl methyl sites for hydroxylation is 2. The van der Waals surface area contributed by atoms with Gasteiger partial charge in [0.2, 0.25) is 0 Å². The Kier molecular flexibility index (Phi) is 5.94. The van der Waals surface area contributed by atoms with Crippen LogP contribution in [0.3, 0.4) is 0 Å². The number of rotatable bonds is 6. The number of nitrogens with one attached hydrogen (secondary N) is 1. The van der Waals surface area contributed by atoms with E-state index in [1.807, 2.05) is 50.2 Å². The molecule has 0 radical (unpaired) electrons. The van der Waals surface area contributed by atoms with Crippen LogP contribution in [0.1, 0.15) is 16.9 Å². The molecule has 0 saturated carbocycles. The SMILES string of the molecule is Cc1ccc(OCC(=O)NN=Cc2ccc(-c3ccccc3Cl)o2)c(C)c1. The molecule has 138 valence electrons. The van der Waals surface area contributed by atoms with E-state index in [2.05, 4.69) is 10.5 Å². The zero-order chi connectivity index (χ0) is 19.2. The molecule has 0 aliphatic carbocycles. The number of nitrogens with zero attached hydrogens (tertiary/aromatic N) is 1. The number of carbonyl (C=O) groups is 1. The van der Waals surface area contributed by atoms with Crippen molar-refractivity contribution >= 4 is 23.7 Å². The van der Waals surface area contributed by atoms with Gasteiger partial charge in [0.25, 0.3) is 5.91 Å². The Morgan fingerprint density at radius 1 is 1.19 bits per heavy atom. The van der Waals surface area contributed by atoms with E-state index in [9.17, 15) is 4.79 Å². The number of furan rings is 1. The Balaban J connectivity index is 1.53. The van der Waals surface area contributed by atoms with E-state index in [0.29, 0.717) is 22.3 Å². The number of hydrogen-bond donors (Lipinski definition) is 1. The Hall–Kier alpha value is -3.05. The van der Waals surface area contributed by atoms with Crippen molar-refractivity contribution in [3.8, 4) is 17.1 Å². The molecule has 27 heavy (non-hydrogen) atoms. The Bertz CT molecular complexity index is 979. The summed E-state index contributed by atoms with van der Waals surface area (Å²) < 4.78 is 11.2. The number of amides is 1. The van der Waals surface area contributed by atoms with Gasteiger partial charge in [-0.2, -0.15) is 5.10 Å². The molecule has 1 heterocycles. The summed E-state index contributed by atoms with van der Waals surface area (Å²) in [6, 6.07) is 16.7. The van der Waals surface area contributed by atoms with Gasteiger partial charge >= 0.3 is 0 Å². The summed E-state index contributed by atoms with van der Waals surface area (Å²) >= 11 is 6.15. The maximum Gasteiger partial charge on any atom is 0.277 e. The monoisotopic (exact) mass is 382 g/mol. The van der Waals surface area contributed by atoms with Gasteiger partial charge in [0, 0.05) is 5.56 Å². The molecular formula is C21H19ClN2O3. The second-order valence-corrected chi connectivity index (χ2v) is 6.44. The van der Waals surface area contributed by atoms with Crippen molar-refractivity contribution in [2.75, 3.05) is 6.61 Å². The van der Waals surface area contributed by atoms with Crippen molar-refractivity contribution in [3.05, 3.63) is 76.5 Å². The summed E-state index contributed by atoms with van der Waals surface area (Å²) in [5, 5.41) is 4.49. The van der Waals surface area contributed by atoms with Crippen LogP contribution in [-0.4, -0.2) is 18.7 Å². The van der Waals surface area contributed by atoms with Crippen LogP contribution < -0.4 is 10.2 Å². The highest BCUT2D eigenvalue weighted by Crippen LogP contribution is 2.28. The number of benzene rings is 2. The van der Waals surface area contributed by atoms with Crippen LogP contribution >= 0.6 is 11.6 Å². The molecule has 0 bridgehead atoms. The fourth-order valence-corrected chi connectivity index (χ4v) is 2.76. The lowest BCUT2D eigenvalue weighted by Gasteiger charge is -2.08. The third-order valence-electron chi connectivity index (χ3n) is 3.84. The fourth-order valence-electron chi connectivity index (χ4n) is 2.53. The molecule has 0 unspecified atom stereocenters. The first-order valence-electron chi connectivity index (χ1n) is 8.39. The van der Waals surface area contributed by atoms with E-state index < -0.39 is 0 Å². The van der Waals surface area contributed by atoms with Crippen molar-refractivity contribution in [2.45, 2.75) is 13.8 Å². The summed E-state index contributed by atoms with van der Waals surface area (Å²) in [5.74, 6) is 1.45. The van der Waals surface area contributed by atoms with Gasteiger partial charge < -0.3 is 9.15 Å². The van der Waals surface area contributed by atoms with Crippen LogP contribution in [0.5, 0.6) is 5.75 Å². The van der Waals surface area contributed by atoms with Gasteiger partial charge in [0.15, 0.2) is 6.61 Å². The molecule has 0 aliphatic rings. The minimum atomic E-state index is -0.357.